The first kappa shape index (κ1) is 27.2. The third-order valence-corrected chi connectivity index (χ3v) is 8.83. The molecule has 3 heterocycles. The Labute approximate surface area is 244 Å². The van der Waals surface area contributed by atoms with Gasteiger partial charge in [-0.25, -0.2) is 0 Å². The highest BCUT2D eigenvalue weighted by molar-refractivity contribution is 6.09. The van der Waals surface area contributed by atoms with Gasteiger partial charge in [-0.1, -0.05) is 31.2 Å². The van der Waals surface area contributed by atoms with Crippen molar-refractivity contribution in [3.05, 3.63) is 76.5 Å². The molecule has 3 atom stereocenters. The molecule has 9 nitrogen and oxygen atoms in total. The number of aliphatic imine (C=N–C) groups is 2. The van der Waals surface area contributed by atoms with Gasteiger partial charge in [0.15, 0.2) is 0 Å². The van der Waals surface area contributed by atoms with Gasteiger partial charge in [-0.15, -0.1) is 0 Å². The van der Waals surface area contributed by atoms with Crippen molar-refractivity contribution in [1.82, 2.24) is 24.5 Å². The Morgan fingerprint density at radius 3 is 2.95 bits per heavy atom. The predicted octanol–water partition coefficient (Wildman–Crippen LogP) is 4.26. The zero-order valence-corrected chi connectivity index (χ0v) is 24.8. The fraction of sp³-hybridized carbons (Fsp3) is 0.438. The predicted molar refractivity (Wildman–Crippen MR) is 169 cm³/mol. The van der Waals surface area contributed by atoms with Crippen LogP contribution in [0.3, 0.4) is 0 Å². The van der Waals surface area contributed by atoms with Crippen LogP contribution in [-0.2, 0) is 26.4 Å². The summed E-state index contributed by atoms with van der Waals surface area (Å²) in [6.07, 6.45) is 13.4. The molecule has 1 aromatic carbocycles. The number of hydrogen-bond acceptors (Lipinski definition) is 7. The summed E-state index contributed by atoms with van der Waals surface area (Å²) < 4.78 is 4.10. The minimum atomic E-state index is -0.269. The fourth-order valence-corrected chi connectivity index (χ4v) is 6.61. The number of anilines is 1. The van der Waals surface area contributed by atoms with Crippen LogP contribution in [0.25, 0.3) is 11.1 Å². The molecule has 0 radical (unpaired) electrons. The average molecular weight is 554 g/mol. The number of likely N-dealkylation sites (N-methyl/N-ethyl adjacent to an activating group) is 1. The number of rotatable bonds is 9. The van der Waals surface area contributed by atoms with Crippen molar-refractivity contribution in [1.29, 1.82) is 0 Å². The van der Waals surface area contributed by atoms with Crippen molar-refractivity contribution in [2.75, 3.05) is 33.0 Å². The Bertz CT molecular complexity index is 1570. The summed E-state index contributed by atoms with van der Waals surface area (Å²) in [7, 11) is 8.02. The standard InChI is InChI=1S/C32H41N9.H2/c1-21-27-15-32(27,37-26-19-36-41(20-26)12-11-39(3)4)35-18-24-9-10-28-31(30(21)24)29(40(5)38-28)14-22-7-6-8-23(13-22)25(16-33)17-34-2;/h6-8,13,16-21,27,37H,9-12,14-15,33H2,1-5H3;1H/b25-16+,34-17?;. The lowest BCUT2D eigenvalue weighted by Crippen LogP contribution is -2.23. The third-order valence-electron chi connectivity index (χ3n) is 8.83. The van der Waals surface area contributed by atoms with E-state index in [4.69, 9.17) is 15.8 Å². The molecule has 0 amide bonds. The minimum Gasteiger partial charge on any atom is -0.404 e. The van der Waals surface area contributed by atoms with Crippen molar-refractivity contribution in [2.45, 2.75) is 44.8 Å². The molecule has 41 heavy (non-hydrogen) atoms. The zero-order chi connectivity index (χ0) is 28.7. The molecule has 2 aliphatic carbocycles. The van der Waals surface area contributed by atoms with E-state index in [1.807, 2.05) is 10.9 Å². The number of aryl methyl sites for hydroxylation is 2. The Kier molecular flexibility index (Phi) is 7.15. The van der Waals surface area contributed by atoms with E-state index in [-0.39, 0.29) is 7.09 Å². The molecule has 0 saturated heterocycles. The number of aromatic nitrogens is 4. The molecular formula is C32H43N9. The number of allylic oxidation sites excluding steroid dienone is 3. The van der Waals surface area contributed by atoms with Crippen molar-refractivity contribution < 1.29 is 1.43 Å². The van der Waals surface area contributed by atoms with Gasteiger partial charge in [-0.3, -0.25) is 19.3 Å². The molecule has 1 saturated carbocycles. The van der Waals surface area contributed by atoms with E-state index in [1.54, 1.807) is 19.5 Å². The topological polar surface area (TPSA) is 102 Å². The summed E-state index contributed by atoms with van der Waals surface area (Å²) in [4.78, 5) is 11.5. The van der Waals surface area contributed by atoms with Crippen LogP contribution in [0.15, 0.2) is 58.4 Å². The van der Waals surface area contributed by atoms with Crippen LogP contribution in [0, 0.1) is 11.8 Å². The lowest BCUT2D eigenvalue weighted by Gasteiger charge is -2.24. The molecule has 3 aromatic rings. The molecule has 3 N–H and O–H groups in total. The second-order valence-corrected chi connectivity index (χ2v) is 11.9. The molecule has 0 spiro atoms. The van der Waals surface area contributed by atoms with Crippen molar-refractivity contribution in [3.63, 3.8) is 0 Å². The first-order valence-corrected chi connectivity index (χ1v) is 14.5. The van der Waals surface area contributed by atoms with Crippen LogP contribution >= 0.6 is 0 Å². The van der Waals surface area contributed by atoms with Crippen LogP contribution in [-0.4, -0.2) is 70.2 Å². The Morgan fingerprint density at radius 2 is 2.17 bits per heavy atom. The van der Waals surface area contributed by atoms with Crippen LogP contribution in [0.1, 0.15) is 49.3 Å². The summed E-state index contributed by atoms with van der Waals surface area (Å²) in [6.45, 7) is 4.21. The molecule has 1 fully saturated rings. The van der Waals surface area contributed by atoms with Crippen molar-refractivity contribution in [3.8, 4) is 0 Å². The van der Waals surface area contributed by atoms with Gasteiger partial charge in [0.05, 0.1) is 29.8 Å². The number of nitrogens with zero attached hydrogens (tertiary/aromatic N) is 7. The normalized spacial score (nSPS) is 23.5. The average Bonchev–Trinajstić information content (AvgIpc) is 3.36. The van der Waals surface area contributed by atoms with E-state index in [2.05, 4.69) is 89.7 Å². The number of benzene rings is 1. The fourth-order valence-electron chi connectivity index (χ4n) is 6.61. The summed E-state index contributed by atoms with van der Waals surface area (Å²) >= 11 is 0. The van der Waals surface area contributed by atoms with Gasteiger partial charge in [0.2, 0.25) is 0 Å². The van der Waals surface area contributed by atoms with E-state index in [0.717, 1.165) is 55.6 Å². The molecule has 1 aliphatic heterocycles. The maximum absolute atomic E-state index is 5.90. The lowest BCUT2D eigenvalue weighted by atomic mass is 9.79. The third kappa shape index (κ3) is 5.14. The van der Waals surface area contributed by atoms with E-state index < -0.39 is 0 Å². The highest BCUT2D eigenvalue weighted by Gasteiger charge is 2.59. The largest absolute Gasteiger partial charge is 0.404 e. The smallest absolute Gasteiger partial charge is 0.133 e. The van der Waals surface area contributed by atoms with Gasteiger partial charge >= 0.3 is 0 Å². The molecule has 3 unspecified atom stereocenters. The van der Waals surface area contributed by atoms with Crippen LogP contribution in [0.5, 0.6) is 0 Å². The zero-order valence-electron chi connectivity index (χ0n) is 24.8. The molecule has 2 aromatic heterocycles. The first-order valence-electron chi connectivity index (χ1n) is 14.5. The van der Waals surface area contributed by atoms with Gasteiger partial charge in [0, 0.05) is 70.4 Å². The monoisotopic (exact) mass is 553 g/mol. The first-order chi connectivity index (χ1) is 19.8. The molecule has 0 bridgehead atoms. The van der Waals surface area contributed by atoms with E-state index in [1.165, 1.54) is 33.7 Å². The van der Waals surface area contributed by atoms with E-state index in [9.17, 15) is 0 Å². The van der Waals surface area contributed by atoms with Gasteiger partial charge in [-0.2, -0.15) is 10.2 Å². The van der Waals surface area contributed by atoms with Gasteiger partial charge in [0.25, 0.3) is 0 Å². The van der Waals surface area contributed by atoms with E-state index >= 15 is 0 Å². The molecule has 6 rings (SSSR count). The maximum Gasteiger partial charge on any atom is 0.133 e. The highest BCUT2D eigenvalue weighted by atomic mass is 15.3. The minimum absolute atomic E-state index is 0. The van der Waals surface area contributed by atoms with E-state index in [0.29, 0.717) is 11.8 Å². The summed E-state index contributed by atoms with van der Waals surface area (Å²) in [5.74, 6) is 0.786. The quantitative estimate of drug-likeness (QED) is 0.386. The number of fused-ring (bicyclic) bond motifs is 3. The van der Waals surface area contributed by atoms with Crippen molar-refractivity contribution in [2.24, 2.45) is 34.6 Å². The SMILES string of the molecule is CN=C/C(=C\N)c1cccc(Cc2c3c(nn2C)CCC2=C3C(C)C3CC3(Nc3cnn(CCN(C)C)c3)N=C2)c1.[HH]. The Hall–Kier alpha value is -3.98. The maximum atomic E-state index is 5.90. The van der Waals surface area contributed by atoms with Crippen LogP contribution < -0.4 is 11.1 Å². The Morgan fingerprint density at radius 1 is 1.32 bits per heavy atom. The molecule has 3 aliphatic rings. The van der Waals surface area contributed by atoms with Crippen LogP contribution in [0.4, 0.5) is 5.69 Å². The summed E-state index contributed by atoms with van der Waals surface area (Å²) in [6, 6.07) is 8.58. The van der Waals surface area contributed by atoms with Gasteiger partial charge in [0.1, 0.15) is 5.66 Å². The number of nitrogens with one attached hydrogen (secondary N) is 1. The number of hydrogen-bond donors (Lipinski definition) is 2. The summed E-state index contributed by atoms with van der Waals surface area (Å²) in [5.41, 5.74) is 16.5. The molecule has 9 heteroatoms. The van der Waals surface area contributed by atoms with Gasteiger partial charge in [-0.05, 0) is 61.5 Å². The second-order valence-electron chi connectivity index (χ2n) is 11.9. The number of nitrogens with two attached hydrogens (primary N) is 1. The van der Waals surface area contributed by atoms with Crippen LogP contribution in [0.2, 0.25) is 0 Å². The summed E-state index contributed by atoms with van der Waals surface area (Å²) in [5, 5.41) is 13.4. The van der Waals surface area contributed by atoms with Gasteiger partial charge < -0.3 is 16.0 Å². The Balaban J connectivity index is 0.00000353. The highest BCUT2D eigenvalue weighted by Crippen LogP contribution is 2.58. The molecular weight excluding hydrogens is 510 g/mol. The second kappa shape index (κ2) is 10.8. The lowest BCUT2D eigenvalue weighted by molar-refractivity contribution is 0.373. The molecule has 216 valence electrons. The van der Waals surface area contributed by atoms with Crippen molar-refractivity contribution >= 4 is 29.3 Å².